The summed E-state index contributed by atoms with van der Waals surface area (Å²) in [6, 6.07) is 0. The first-order valence-corrected chi connectivity index (χ1v) is 6.04. The third kappa shape index (κ3) is 1.16. The van der Waals surface area contributed by atoms with Crippen LogP contribution >= 0.6 is 54.5 Å². The number of halogens is 4. The second-order valence-corrected chi connectivity index (χ2v) is 6.67. The maximum absolute atomic E-state index is 13.0. The van der Waals surface area contributed by atoms with Gasteiger partial charge >= 0.3 is 0 Å². The van der Waals surface area contributed by atoms with Gasteiger partial charge in [0.15, 0.2) is 5.82 Å². The van der Waals surface area contributed by atoms with Crippen LogP contribution in [0.1, 0.15) is 0 Å². The lowest BCUT2D eigenvalue weighted by Crippen LogP contribution is -1.69. The van der Waals surface area contributed by atoms with Crippen LogP contribution in [0.5, 0.6) is 0 Å². The zero-order valence-corrected chi connectivity index (χ0v) is 10.1. The van der Waals surface area contributed by atoms with Gasteiger partial charge in [-0.25, -0.2) is 4.39 Å². The third-order valence-corrected chi connectivity index (χ3v) is 5.26. The second-order valence-electron chi connectivity index (χ2n) is 2.04. The molecule has 2 rings (SSSR count). The minimum atomic E-state index is -0.760. The molecular weight excluding hydrogens is 334 g/mol. The summed E-state index contributed by atoms with van der Waals surface area (Å²) >= 11 is 8.57. The first-order valence-electron chi connectivity index (χ1n) is 2.82. The van der Waals surface area contributed by atoms with Crippen LogP contribution in [0.25, 0.3) is 10.1 Å². The molecule has 0 unspecified atom stereocenters. The molecule has 64 valence electrons. The fourth-order valence-corrected chi connectivity index (χ4v) is 5.15. The number of rotatable bonds is 0. The Kier molecular flexibility index (Phi) is 2.27. The smallest absolute Gasteiger partial charge is 0.202 e. The van der Waals surface area contributed by atoms with E-state index in [2.05, 4.69) is 31.9 Å². The molecule has 0 aromatic carbocycles. The quantitative estimate of drug-likeness (QED) is 0.651. The maximum Gasteiger partial charge on any atom is 0.213 e. The zero-order chi connectivity index (χ0) is 8.88. The second kappa shape index (κ2) is 3.01. The Balaban J connectivity index is 2.98. The van der Waals surface area contributed by atoms with Gasteiger partial charge in [-0.3, -0.25) is 0 Å². The predicted octanol–water partition coefficient (Wildman–Crippen LogP) is 4.77. The average Bonchev–Trinajstić information content (AvgIpc) is 2.41. The van der Waals surface area contributed by atoms with Crippen LogP contribution in [0, 0.1) is 10.9 Å². The molecule has 0 atom stereocenters. The van der Waals surface area contributed by atoms with Crippen molar-refractivity contribution in [1.29, 1.82) is 0 Å². The van der Waals surface area contributed by atoms with E-state index >= 15 is 0 Å². The standard InChI is InChI=1S/C6Br2F2S2/c7-4-1-2(9)6(10)11-3(1)5(8)12-4. The highest BCUT2D eigenvalue weighted by Gasteiger charge is 2.19. The van der Waals surface area contributed by atoms with Crippen LogP contribution in [0.15, 0.2) is 7.57 Å². The van der Waals surface area contributed by atoms with Gasteiger partial charge in [0.1, 0.15) is 0 Å². The molecule has 2 aromatic heterocycles. The Morgan fingerprint density at radius 1 is 1.00 bits per heavy atom. The van der Waals surface area contributed by atoms with Gasteiger partial charge in [0.25, 0.3) is 0 Å². The Bertz CT molecular complexity index is 446. The highest BCUT2D eigenvalue weighted by atomic mass is 79.9. The Hall–Kier alpha value is 0.480. The number of hydrogen-bond donors (Lipinski definition) is 0. The van der Waals surface area contributed by atoms with E-state index in [4.69, 9.17) is 0 Å². The van der Waals surface area contributed by atoms with Crippen molar-refractivity contribution in [2.24, 2.45) is 0 Å². The normalized spacial score (nSPS) is 11.3. The van der Waals surface area contributed by atoms with Crippen LogP contribution in [-0.4, -0.2) is 0 Å². The Morgan fingerprint density at radius 3 is 2.25 bits per heavy atom. The summed E-state index contributed by atoms with van der Waals surface area (Å²) < 4.78 is 27.8. The van der Waals surface area contributed by atoms with Crippen LogP contribution < -0.4 is 0 Å². The molecule has 2 aromatic rings. The van der Waals surface area contributed by atoms with E-state index in [1.54, 1.807) is 0 Å². The van der Waals surface area contributed by atoms with Crippen LogP contribution in [0.4, 0.5) is 8.78 Å². The van der Waals surface area contributed by atoms with Gasteiger partial charge in [-0.2, -0.15) is 4.39 Å². The summed E-state index contributed by atoms with van der Waals surface area (Å²) in [4.78, 5) is 0. The van der Waals surface area contributed by atoms with E-state index in [1.165, 1.54) is 11.3 Å². The molecule has 0 radical (unpaired) electrons. The van der Waals surface area contributed by atoms with Crippen molar-refractivity contribution in [3.8, 4) is 0 Å². The third-order valence-electron chi connectivity index (χ3n) is 1.37. The van der Waals surface area contributed by atoms with E-state index in [0.29, 0.717) is 13.9 Å². The van der Waals surface area contributed by atoms with Gasteiger partial charge in [-0.15, -0.1) is 22.7 Å². The highest BCUT2D eigenvalue weighted by molar-refractivity contribution is 9.12. The molecule has 2 heterocycles. The molecule has 0 amide bonds. The Labute approximate surface area is 91.5 Å². The van der Waals surface area contributed by atoms with Crippen LogP contribution in [-0.2, 0) is 0 Å². The molecule has 12 heavy (non-hydrogen) atoms. The monoisotopic (exact) mass is 332 g/mol. The van der Waals surface area contributed by atoms with Crippen LogP contribution in [0.3, 0.4) is 0 Å². The first-order chi connectivity index (χ1) is 5.61. The summed E-state index contributed by atoms with van der Waals surface area (Å²) in [5, 5.41) is -0.413. The molecule has 0 bridgehead atoms. The lowest BCUT2D eigenvalue weighted by molar-refractivity contribution is 0.538. The number of fused-ring (bicyclic) bond motifs is 1. The predicted molar refractivity (Wildman–Crippen MR) is 55.0 cm³/mol. The molecule has 0 aliphatic rings. The van der Waals surface area contributed by atoms with E-state index in [9.17, 15) is 8.78 Å². The minimum Gasteiger partial charge on any atom is -0.202 e. The maximum atomic E-state index is 13.0. The highest BCUT2D eigenvalue weighted by Crippen LogP contribution is 2.44. The van der Waals surface area contributed by atoms with Crippen molar-refractivity contribution >= 4 is 64.6 Å². The van der Waals surface area contributed by atoms with Crippen molar-refractivity contribution in [2.45, 2.75) is 0 Å². The van der Waals surface area contributed by atoms with E-state index < -0.39 is 10.9 Å². The zero-order valence-electron chi connectivity index (χ0n) is 5.33. The lowest BCUT2D eigenvalue weighted by atomic mass is 10.4. The summed E-state index contributed by atoms with van der Waals surface area (Å²) in [6.45, 7) is 0. The van der Waals surface area contributed by atoms with Gasteiger partial charge in [-0.1, -0.05) is 0 Å². The molecule has 6 heteroatoms. The molecule has 0 N–H and O–H groups in total. The van der Waals surface area contributed by atoms with E-state index in [0.717, 1.165) is 15.1 Å². The van der Waals surface area contributed by atoms with Crippen molar-refractivity contribution in [2.75, 3.05) is 0 Å². The molecule has 0 aliphatic heterocycles. The fourth-order valence-electron chi connectivity index (χ4n) is 0.873. The summed E-state index contributed by atoms with van der Waals surface area (Å²) in [5.74, 6) is -0.760. The largest absolute Gasteiger partial charge is 0.213 e. The van der Waals surface area contributed by atoms with Crippen molar-refractivity contribution in [3.63, 3.8) is 0 Å². The SMILES string of the molecule is Fc1sc2c(Br)sc(Br)c2c1F. The molecule has 0 saturated heterocycles. The first kappa shape index (κ1) is 9.05. The van der Waals surface area contributed by atoms with Crippen molar-refractivity contribution < 1.29 is 8.78 Å². The van der Waals surface area contributed by atoms with Gasteiger partial charge in [0, 0.05) is 0 Å². The number of hydrogen-bond acceptors (Lipinski definition) is 2. The molecule has 0 aliphatic carbocycles. The summed E-state index contributed by atoms with van der Waals surface area (Å²) in [6.07, 6.45) is 0. The van der Waals surface area contributed by atoms with Crippen molar-refractivity contribution in [3.05, 3.63) is 18.5 Å². The van der Waals surface area contributed by atoms with Gasteiger partial charge in [0.2, 0.25) is 5.13 Å². The topological polar surface area (TPSA) is 0 Å². The van der Waals surface area contributed by atoms with E-state index in [-0.39, 0.29) is 0 Å². The lowest BCUT2D eigenvalue weighted by Gasteiger charge is -1.80. The van der Waals surface area contributed by atoms with E-state index in [1.807, 2.05) is 0 Å². The average molecular weight is 334 g/mol. The fraction of sp³-hybridized carbons (Fsp3) is 0. The molecule has 0 nitrogen and oxygen atoms in total. The van der Waals surface area contributed by atoms with Gasteiger partial charge < -0.3 is 0 Å². The minimum absolute atomic E-state index is 0.342. The van der Waals surface area contributed by atoms with Gasteiger partial charge in [-0.05, 0) is 31.9 Å². The molecule has 0 fully saturated rings. The van der Waals surface area contributed by atoms with Crippen molar-refractivity contribution in [1.82, 2.24) is 0 Å². The molecule has 0 spiro atoms. The Morgan fingerprint density at radius 2 is 1.67 bits per heavy atom. The number of thiophene rings is 2. The molecule has 0 saturated carbocycles. The summed E-state index contributed by atoms with van der Waals surface area (Å²) in [5.41, 5.74) is 0. The summed E-state index contributed by atoms with van der Waals surface area (Å²) in [7, 11) is 0. The van der Waals surface area contributed by atoms with Gasteiger partial charge in [0.05, 0.1) is 17.7 Å². The van der Waals surface area contributed by atoms with Crippen LogP contribution in [0.2, 0.25) is 0 Å². The molecular formula is C6Br2F2S2.